The fourth-order valence-corrected chi connectivity index (χ4v) is 18.5. The molecule has 5 aromatic carbocycles. The van der Waals surface area contributed by atoms with E-state index in [1.807, 2.05) is 81.8 Å². The third kappa shape index (κ3) is 33.1. The number of amides is 1. The normalized spacial score (nSPS) is 14.6. The van der Waals surface area contributed by atoms with E-state index >= 15 is 0 Å². The van der Waals surface area contributed by atoms with E-state index in [1.165, 1.54) is 55.9 Å². The number of Topliss-reactive ketones (excluding diaryl/α,β-unsaturated/α-hetero) is 1. The molecule has 38 heteroatoms. The van der Waals surface area contributed by atoms with Crippen LogP contribution < -0.4 is 60.0 Å². The molecule has 6 aromatic heterocycles. The van der Waals surface area contributed by atoms with Crippen LogP contribution in [0.15, 0.2) is 176 Å². The summed E-state index contributed by atoms with van der Waals surface area (Å²) in [6.07, 6.45) is 9.87. The van der Waals surface area contributed by atoms with Gasteiger partial charge in [0.1, 0.15) is 59.0 Å². The zero-order valence-corrected chi connectivity index (χ0v) is 85.3. The Bertz CT molecular complexity index is 6020. The van der Waals surface area contributed by atoms with Crippen LogP contribution >= 0.6 is 0 Å². The van der Waals surface area contributed by atoms with Crippen molar-refractivity contribution in [3.05, 3.63) is 274 Å². The number of hydrogen-bond acceptors (Lipinski definition) is 25. The summed E-state index contributed by atoms with van der Waals surface area (Å²) < 4.78 is 114. The van der Waals surface area contributed by atoms with Crippen molar-refractivity contribution in [3.63, 3.8) is 0 Å². The van der Waals surface area contributed by atoms with E-state index < -0.39 is 42.9 Å². The van der Waals surface area contributed by atoms with Crippen LogP contribution in [0.5, 0.6) is 11.5 Å². The number of carboxylic acid groups (broad SMARTS) is 1. The molecule has 2 saturated heterocycles. The molecule has 2 spiro atoms. The number of fused-ring (bicyclic) bond motifs is 4. The summed E-state index contributed by atoms with van der Waals surface area (Å²) in [5, 5.41) is 14.0. The second-order valence-corrected chi connectivity index (χ2v) is 35.6. The Morgan fingerprint density at radius 3 is 1.32 bits per heavy atom. The number of anilines is 3. The monoisotopic (exact) mass is 2050 g/mol. The van der Waals surface area contributed by atoms with Crippen LogP contribution in [-0.4, -0.2) is 149 Å². The van der Waals surface area contributed by atoms with Crippen LogP contribution in [0, 0.1) is 17.8 Å². The number of carbonyl (C=O) groups is 8. The van der Waals surface area contributed by atoms with Gasteiger partial charge in [-0.15, -0.1) is 26.3 Å². The third-order valence-electron chi connectivity index (χ3n) is 25.3. The van der Waals surface area contributed by atoms with Gasteiger partial charge in [0.2, 0.25) is 0 Å². The van der Waals surface area contributed by atoms with Gasteiger partial charge in [-0.05, 0) is 218 Å². The molecule has 0 bridgehead atoms. The number of carbonyl (C=O) groups excluding carboxylic acids is 8. The molecular formula is C108H132F6LiN14O16V+. The Hall–Kier alpha value is -12.9. The van der Waals surface area contributed by atoms with Gasteiger partial charge in [0, 0.05) is 151 Å². The van der Waals surface area contributed by atoms with Gasteiger partial charge >= 0.3 is 61.4 Å². The molecule has 18 rings (SSSR count). The number of pyridine rings is 2. The van der Waals surface area contributed by atoms with Gasteiger partial charge in [0.25, 0.3) is 12.2 Å². The number of aryl methyl sites for hydroxylation is 7. The van der Waals surface area contributed by atoms with Crippen LogP contribution in [0.25, 0.3) is 5.65 Å². The molecule has 146 heavy (non-hydrogen) atoms. The molecule has 11 aromatic rings. The number of halogens is 6. The molecule has 0 atom stereocenters. The van der Waals surface area contributed by atoms with E-state index in [4.69, 9.17) is 35.4 Å². The maximum Gasteiger partial charge on any atom is 1.00 e. The summed E-state index contributed by atoms with van der Waals surface area (Å²) in [6.45, 7) is 27.9. The zero-order valence-electron chi connectivity index (χ0n) is 83.9. The maximum absolute atomic E-state index is 13.0. The van der Waals surface area contributed by atoms with Crippen LogP contribution in [0.4, 0.5) is 43.5 Å². The van der Waals surface area contributed by atoms with Crippen LogP contribution in [-0.2, 0) is 139 Å². The number of ketones is 1. The quantitative estimate of drug-likeness (QED) is 0.00862. The number of aromatic nitrogens is 9. The number of ether oxygens (including phenoxy) is 7. The number of aromatic carboxylic acids is 1. The molecular weight excluding hydrogens is 1920 g/mol. The first kappa shape index (κ1) is 118. The summed E-state index contributed by atoms with van der Waals surface area (Å²) in [7, 11) is 0. The van der Waals surface area contributed by atoms with E-state index in [2.05, 4.69) is 109 Å². The number of alkyl halides is 6. The van der Waals surface area contributed by atoms with Gasteiger partial charge in [0.15, 0.2) is 17.2 Å². The van der Waals surface area contributed by atoms with Gasteiger partial charge in [0.05, 0.1) is 61.2 Å². The molecule has 5 N–H and O–H groups in total. The number of nitrogens with two attached hydrogens (primary N) is 2. The fourth-order valence-electron chi connectivity index (χ4n) is 18.5. The Labute approximate surface area is 872 Å². The number of rotatable bonds is 26. The molecule has 11 heterocycles. The van der Waals surface area contributed by atoms with Crippen molar-refractivity contribution in [3.8, 4) is 11.5 Å². The number of hydrogen-bond donors (Lipinski definition) is 3. The molecule has 2 aliphatic carbocycles. The molecule has 2 saturated carbocycles. The first-order valence-electron chi connectivity index (χ1n) is 48.7. The molecule has 4 fully saturated rings. The Kier molecular flexibility index (Phi) is 45.5. The Morgan fingerprint density at radius 1 is 0.507 bits per heavy atom. The molecule has 5 aliphatic heterocycles. The average Bonchev–Trinajstić information content (AvgIpc) is 1.00. The third-order valence-corrected chi connectivity index (χ3v) is 25.3. The smallest absolute Gasteiger partial charge is 0.543 e. The van der Waals surface area contributed by atoms with Gasteiger partial charge in [-0.2, -0.15) is 0 Å². The Balaban J connectivity index is 0.000000214. The standard InChI is InChI=1S/C30H33F3N4O2.C20H21F3N2O.C12H18N2O2.C12H14N2O2.C11H12O4.C10H14N2O2.C7H11O3.C5H6N2.CH4.Li.V/c1-2-25-27(37-14-4-3-5-26(37)35-25)28(38)34-17-20-6-10-23(11-7-20)36-18-29(19-36)15-22(16-29)21-8-12-24(13-9-21)39-30(31,32)33;21-20(22,23)26-18-7-3-15(4-8-18)16-9-19(10-16)12-25(13-19)17-5-1-14(11-24)2-6-17;2*1-3-9-11(12(15)16-4-2)14-8-6-5-7-10(14)13-9;1-8(12)14-11(15-9(2)13)10-6-4-3-5-7-10;1-2-7-9(10(13)14)12-6-4-3-5-8(12)11-7;1-3-6(8)5-7(9)10-4-2;6-5-3-1-2-4-7-5;;;/h6-13,22H,2-5,14-19H2,1H3,(H,34,38);1-8,16H,9-13,24H2;3-8H2,1-2H3;5-8H,3-4H2,1-2H3;3-7,11H,1-2H3;2-6H2,1H3,(H,13,14);1,3-5H2,2H3;1-4H,(H2,6,7);1H4;;/q;;;;;;+1;;;+1;/p-1. The van der Waals surface area contributed by atoms with Crippen LogP contribution in [0.3, 0.4) is 0 Å². The van der Waals surface area contributed by atoms with E-state index in [-0.39, 0.29) is 92.8 Å². The van der Waals surface area contributed by atoms with Gasteiger partial charge < -0.3 is 83.3 Å². The van der Waals surface area contributed by atoms with Crippen LogP contribution in [0.1, 0.15) is 275 Å². The van der Waals surface area contributed by atoms with Crippen molar-refractivity contribution in [2.75, 3.05) is 61.5 Å². The molecule has 777 valence electrons. The number of imidazole rings is 4. The van der Waals surface area contributed by atoms with Gasteiger partial charge in [-0.1, -0.05) is 126 Å². The van der Waals surface area contributed by atoms with Crippen LogP contribution in [0.2, 0.25) is 0 Å². The molecule has 7 aliphatic rings. The number of nitrogens with one attached hydrogen (secondary N) is 1. The van der Waals surface area contributed by atoms with Crippen molar-refractivity contribution >= 4 is 70.3 Å². The van der Waals surface area contributed by atoms with Crippen molar-refractivity contribution < 1.29 is 140 Å². The van der Waals surface area contributed by atoms with Crippen molar-refractivity contribution in [2.45, 2.75) is 255 Å². The summed E-state index contributed by atoms with van der Waals surface area (Å²) >= 11 is 0. The minimum atomic E-state index is -4.66. The second-order valence-electron chi connectivity index (χ2n) is 35.6. The molecule has 1 radical (unpaired) electrons. The van der Waals surface area contributed by atoms with Crippen molar-refractivity contribution in [1.29, 1.82) is 0 Å². The fraction of sp³-hybridized carbons (Fsp3) is 0.444. The number of nitrogen functional groups attached to an aromatic ring is 1. The zero-order chi connectivity index (χ0) is 103. The maximum atomic E-state index is 13.0. The topological polar surface area (TPSA) is 378 Å². The molecule has 1 amide bonds. The molecule has 30 nitrogen and oxygen atoms in total. The predicted octanol–water partition coefficient (Wildman–Crippen LogP) is 15.4. The van der Waals surface area contributed by atoms with E-state index in [1.54, 1.807) is 83.6 Å². The summed E-state index contributed by atoms with van der Waals surface area (Å²) in [5.41, 5.74) is 25.1. The second kappa shape index (κ2) is 56.2. The number of esters is 5. The average molecular weight is 2050 g/mol. The number of carboxylic acids is 1. The first-order valence-corrected chi connectivity index (χ1v) is 48.7. The minimum absolute atomic E-state index is 0. The summed E-state index contributed by atoms with van der Waals surface area (Å²) in [6, 6.07) is 49.2. The van der Waals surface area contributed by atoms with E-state index in [0.717, 1.165) is 210 Å². The number of benzene rings is 5. The first-order chi connectivity index (χ1) is 68.5. The van der Waals surface area contributed by atoms with E-state index in [0.29, 0.717) is 96.2 Å². The number of nitrogens with zero attached hydrogens (tertiary/aromatic N) is 11. The largest absolute Gasteiger partial charge is 1.00 e. The van der Waals surface area contributed by atoms with Gasteiger partial charge in [-0.25, -0.2) is 34.5 Å². The Morgan fingerprint density at radius 2 is 0.918 bits per heavy atom. The van der Waals surface area contributed by atoms with Crippen molar-refractivity contribution in [1.82, 2.24) is 48.3 Å². The van der Waals surface area contributed by atoms with Crippen molar-refractivity contribution in [2.24, 2.45) is 16.6 Å². The molecule has 0 unspecified atom stereocenters. The minimum Gasteiger partial charge on any atom is -0.543 e. The summed E-state index contributed by atoms with van der Waals surface area (Å²) in [5.74, 6) is 0.723. The SMILES string of the molecule is C.CC(=O)OC(OC(C)=O)c1ccccc1.CCOC(=O)c1c(CC)nc2ccccn12.CCOC(=O)c1c(CC)nc2n1CCCC2.CCc1nc2n(c1C(=O)NCc1ccc(N3CC4(CC(c5ccc(OC(F)(F)F)cc5)C4)C3)cc1)CCCC2.CCc1nc2n(c1C(=O)[O-])CCCC2.NCc1ccc(N2CC3(CC(c4ccc(OC(F)(F)F)cc4)C3)C2)cc1.Nc1ccccn1.[CH2+]CC(=O)CC(=O)OCC.[Li+].[V]. The van der Waals surface area contributed by atoms with E-state index in [9.17, 15) is 69.8 Å². The van der Waals surface area contributed by atoms with Gasteiger partial charge in [-0.3, -0.25) is 28.4 Å². The summed E-state index contributed by atoms with van der Waals surface area (Å²) in [4.78, 5) is 117. The predicted molar refractivity (Wildman–Crippen MR) is 530 cm³/mol.